The van der Waals surface area contributed by atoms with E-state index >= 15 is 0 Å². The van der Waals surface area contributed by atoms with Crippen molar-refractivity contribution in [3.8, 4) is 17.7 Å². The predicted molar refractivity (Wildman–Crippen MR) is 121 cm³/mol. The molecule has 0 amide bonds. The molecule has 5 rings (SSSR count). The Morgan fingerprint density at radius 3 is 2.67 bits per heavy atom. The van der Waals surface area contributed by atoms with Crippen LogP contribution < -0.4 is 9.64 Å². The molecule has 0 atom stereocenters. The highest BCUT2D eigenvalue weighted by Crippen LogP contribution is 2.32. The van der Waals surface area contributed by atoms with E-state index in [4.69, 9.17) is 19.4 Å². The maximum absolute atomic E-state index is 13.4. The highest BCUT2D eigenvalue weighted by atomic mass is 19.1. The van der Waals surface area contributed by atoms with Crippen LogP contribution in [0.1, 0.15) is 22.4 Å². The quantitative estimate of drug-likeness (QED) is 0.593. The molecular weight excluding hydrogens is 421 g/mol. The maximum Gasteiger partial charge on any atom is 0.229 e. The molecule has 0 N–H and O–H groups in total. The smallest absolute Gasteiger partial charge is 0.229 e. The van der Waals surface area contributed by atoms with Gasteiger partial charge >= 0.3 is 0 Å². The third-order valence-electron chi connectivity index (χ3n) is 5.87. The fourth-order valence-electron chi connectivity index (χ4n) is 4.16. The number of hydrogen-bond donors (Lipinski definition) is 0. The SMILES string of the molecule is N#Cc1cccc(CN2CCc3nc(N4CCOCC4)nc(Oc4ccc(F)cc4)c3C2)c1. The standard InChI is InChI=1S/C25H24FN5O2/c26-20-4-6-21(7-5-20)33-24-22-17-30(16-19-3-1-2-18(14-19)15-27)9-8-23(22)28-25(29-24)31-10-12-32-13-11-31/h1-7,14H,8-13,16-17H2. The van der Waals surface area contributed by atoms with Crippen molar-refractivity contribution in [3.05, 3.63) is 76.7 Å². The highest BCUT2D eigenvalue weighted by molar-refractivity contribution is 5.44. The van der Waals surface area contributed by atoms with Gasteiger partial charge in [-0.2, -0.15) is 10.2 Å². The van der Waals surface area contributed by atoms with E-state index in [1.165, 1.54) is 12.1 Å². The number of fused-ring (bicyclic) bond motifs is 1. The van der Waals surface area contributed by atoms with E-state index in [-0.39, 0.29) is 5.82 Å². The Hall–Kier alpha value is -3.54. The van der Waals surface area contributed by atoms with Crippen LogP contribution in [-0.4, -0.2) is 47.7 Å². The van der Waals surface area contributed by atoms with Crippen molar-refractivity contribution in [2.45, 2.75) is 19.5 Å². The zero-order chi connectivity index (χ0) is 22.6. The Bertz CT molecular complexity index is 1170. The Morgan fingerprint density at radius 1 is 1.06 bits per heavy atom. The van der Waals surface area contributed by atoms with Gasteiger partial charge in [0.25, 0.3) is 0 Å². The van der Waals surface area contributed by atoms with Gasteiger partial charge in [-0.15, -0.1) is 0 Å². The second kappa shape index (κ2) is 9.53. The molecule has 1 saturated heterocycles. The molecule has 168 valence electrons. The van der Waals surface area contributed by atoms with Gasteiger partial charge < -0.3 is 14.4 Å². The van der Waals surface area contributed by atoms with Gasteiger partial charge in [0.15, 0.2) is 0 Å². The minimum atomic E-state index is -0.313. The van der Waals surface area contributed by atoms with Gasteiger partial charge in [-0.3, -0.25) is 4.90 Å². The van der Waals surface area contributed by atoms with Crippen molar-refractivity contribution in [1.82, 2.24) is 14.9 Å². The Labute approximate surface area is 192 Å². The molecule has 0 aliphatic carbocycles. The predicted octanol–water partition coefficient (Wildman–Crippen LogP) is 3.67. The number of rotatable bonds is 5. The Balaban J connectivity index is 1.44. The van der Waals surface area contributed by atoms with Gasteiger partial charge in [0.1, 0.15) is 11.6 Å². The third-order valence-corrected chi connectivity index (χ3v) is 5.87. The summed E-state index contributed by atoms with van der Waals surface area (Å²) < 4.78 is 25.0. The van der Waals surface area contributed by atoms with Crippen molar-refractivity contribution in [2.24, 2.45) is 0 Å². The first-order valence-electron chi connectivity index (χ1n) is 11.1. The van der Waals surface area contributed by atoms with Gasteiger partial charge in [-0.25, -0.2) is 9.37 Å². The first-order chi connectivity index (χ1) is 16.2. The van der Waals surface area contributed by atoms with Crippen LogP contribution in [0.2, 0.25) is 0 Å². The third kappa shape index (κ3) is 4.95. The van der Waals surface area contributed by atoms with Crippen LogP contribution in [0.3, 0.4) is 0 Å². The monoisotopic (exact) mass is 445 g/mol. The minimum Gasteiger partial charge on any atom is -0.438 e. The molecule has 7 nitrogen and oxygen atoms in total. The van der Waals surface area contributed by atoms with E-state index in [2.05, 4.69) is 15.9 Å². The fraction of sp³-hybridized carbons (Fsp3) is 0.320. The lowest BCUT2D eigenvalue weighted by Gasteiger charge is -2.32. The number of halogens is 1. The number of nitriles is 1. The summed E-state index contributed by atoms with van der Waals surface area (Å²) in [5.41, 5.74) is 3.66. The van der Waals surface area contributed by atoms with Crippen molar-refractivity contribution in [3.63, 3.8) is 0 Å². The van der Waals surface area contributed by atoms with Crippen molar-refractivity contribution in [2.75, 3.05) is 37.7 Å². The van der Waals surface area contributed by atoms with Crippen molar-refractivity contribution >= 4 is 5.95 Å². The summed E-state index contributed by atoms with van der Waals surface area (Å²) in [5.74, 6) is 1.36. The molecular formula is C25H24FN5O2. The molecule has 0 saturated carbocycles. The molecule has 1 fully saturated rings. The van der Waals surface area contributed by atoms with Crippen LogP contribution in [0.5, 0.6) is 11.6 Å². The molecule has 2 aliphatic heterocycles. The Kier molecular flexibility index (Phi) is 6.15. The van der Waals surface area contributed by atoms with E-state index in [0.717, 1.165) is 49.4 Å². The lowest BCUT2D eigenvalue weighted by molar-refractivity contribution is 0.122. The molecule has 8 heteroatoms. The van der Waals surface area contributed by atoms with E-state index < -0.39 is 0 Å². The van der Waals surface area contributed by atoms with Crippen molar-refractivity contribution in [1.29, 1.82) is 5.26 Å². The number of ether oxygens (including phenoxy) is 2. The number of anilines is 1. The molecule has 3 aromatic rings. The lowest BCUT2D eigenvalue weighted by Crippen LogP contribution is -2.38. The van der Waals surface area contributed by atoms with Gasteiger partial charge in [0, 0.05) is 39.1 Å². The first kappa shape index (κ1) is 21.3. The number of nitrogens with zero attached hydrogens (tertiary/aromatic N) is 5. The van der Waals surface area contributed by atoms with Crippen LogP contribution >= 0.6 is 0 Å². The summed E-state index contributed by atoms with van der Waals surface area (Å²) in [7, 11) is 0. The van der Waals surface area contributed by atoms with Crippen LogP contribution in [0.15, 0.2) is 48.5 Å². The first-order valence-corrected chi connectivity index (χ1v) is 11.1. The molecule has 0 spiro atoms. The molecule has 0 unspecified atom stereocenters. The van der Waals surface area contributed by atoms with E-state index in [1.807, 2.05) is 24.3 Å². The van der Waals surface area contributed by atoms with Gasteiger partial charge in [0.2, 0.25) is 11.8 Å². The van der Waals surface area contributed by atoms with Crippen LogP contribution in [0, 0.1) is 17.1 Å². The lowest BCUT2D eigenvalue weighted by atomic mass is 10.0. The average Bonchev–Trinajstić information content (AvgIpc) is 2.86. The number of benzene rings is 2. The summed E-state index contributed by atoms with van der Waals surface area (Å²) >= 11 is 0. The molecule has 2 aromatic carbocycles. The largest absolute Gasteiger partial charge is 0.438 e. The minimum absolute atomic E-state index is 0.313. The molecule has 0 radical (unpaired) electrons. The van der Waals surface area contributed by atoms with E-state index in [9.17, 15) is 9.65 Å². The second-order valence-corrected chi connectivity index (χ2v) is 8.18. The molecule has 2 aliphatic rings. The van der Waals surface area contributed by atoms with Crippen LogP contribution in [-0.2, 0) is 24.2 Å². The highest BCUT2D eigenvalue weighted by Gasteiger charge is 2.26. The summed E-state index contributed by atoms with van der Waals surface area (Å²) in [6, 6.07) is 15.8. The maximum atomic E-state index is 13.4. The number of morpholine rings is 1. The summed E-state index contributed by atoms with van der Waals surface area (Å²) in [6.07, 6.45) is 0.771. The number of aromatic nitrogens is 2. The molecule has 3 heterocycles. The van der Waals surface area contributed by atoms with Crippen LogP contribution in [0.4, 0.5) is 10.3 Å². The fourth-order valence-corrected chi connectivity index (χ4v) is 4.16. The van der Waals surface area contributed by atoms with Gasteiger partial charge in [0.05, 0.1) is 36.1 Å². The molecule has 33 heavy (non-hydrogen) atoms. The van der Waals surface area contributed by atoms with E-state index in [0.29, 0.717) is 42.9 Å². The summed E-state index contributed by atoms with van der Waals surface area (Å²) in [4.78, 5) is 14.1. The average molecular weight is 445 g/mol. The van der Waals surface area contributed by atoms with E-state index in [1.54, 1.807) is 12.1 Å². The van der Waals surface area contributed by atoms with Crippen molar-refractivity contribution < 1.29 is 13.9 Å². The zero-order valence-corrected chi connectivity index (χ0v) is 18.2. The number of hydrogen-bond acceptors (Lipinski definition) is 7. The molecule has 0 bridgehead atoms. The summed E-state index contributed by atoms with van der Waals surface area (Å²) in [5, 5.41) is 9.19. The molecule has 1 aromatic heterocycles. The van der Waals surface area contributed by atoms with Gasteiger partial charge in [-0.1, -0.05) is 12.1 Å². The van der Waals surface area contributed by atoms with Gasteiger partial charge in [-0.05, 0) is 42.0 Å². The topological polar surface area (TPSA) is 74.5 Å². The second-order valence-electron chi connectivity index (χ2n) is 8.18. The van der Waals surface area contributed by atoms with Crippen LogP contribution in [0.25, 0.3) is 0 Å². The Morgan fingerprint density at radius 2 is 1.88 bits per heavy atom. The zero-order valence-electron chi connectivity index (χ0n) is 18.2. The summed E-state index contributed by atoms with van der Waals surface area (Å²) in [6.45, 7) is 4.95. The normalized spacial score (nSPS) is 16.2.